The summed E-state index contributed by atoms with van der Waals surface area (Å²) in [5, 5.41) is 2.85. The molecule has 0 atom stereocenters. The highest BCUT2D eigenvalue weighted by molar-refractivity contribution is 6.04. The largest absolute Gasteiger partial charge is 0.457 e. The second-order valence-electron chi connectivity index (χ2n) is 6.78. The van der Waals surface area contributed by atoms with Crippen LogP contribution in [0.25, 0.3) is 0 Å². The molecule has 0 saturated heterocycles. The Bertz CT molecular complexity index is 1210. The van der Waals surface area contributed by atoms with E-state index in [1.165, 1.54) is 0 Å². The summed E-state index contributed by atoms with van der Waals surface area (Å²) < 4.78 is 11.4. The van der Waals surface area contributed by atoms with Crippen LogP contribution in [0.5, 0.6) is 23.0 Å². The van der Waals surface area contributed by atoms with E-state index in [4.69, 9.17) is 15.2 Å². The number of benzene rings is 3. The van der Waals surface area contributed by atoms with Gasteiger partial charge in [-0.2, -0.15) is 0 Å². The zero-order valence-corrected chi connectivity index (χ0v) is 16.9. The van der Waals surface area contributed by atoms with Crippen LogP contribution in [0, 0.1) is 0 Å². The molecule has 7 nitrogen and oxygen atoms in total. The molecule has 0 bridgehead atoms. The third-order valence-electron chi connectivity index (χ3n) is 4.49. The van der Waals surface area contributed by atoms with Crippen molar-refractivity contribution in [2.24, 2.45) is 5.73 Å². The Hall–Kier alpha value is -4.65. The van der Waals surface area contributed by atoms with Crippen LogP contribution in [-0.4, -0.2) is 16.8 Å². The van der Waals surface area contributed by atoms with Crippen LogP contribution in [0.4, 0.5) is 5.69 Å². The Labute approximate surface area is 184 Å². The predicted molar refractivity (Wildman–Crippen MR) is 120 cm³/mol. The van der Waals surface area contributed by atoms with Gasteiger partial charge in [-0.15, -0.1) is 0 Å². The Morgan fingerprint density at radius 3 is 1.56 bits per heavy atom. The van der Waals surface area contributed by atoms with E-state index in [9.17, 15) is 9.59 Å². The summed E-state index contributed by atoms with van der Waals surface area (Å²) in [7, 11) is 0. The second kappa shape index (κ2) is 9.44. The van der Waals surface area contributed by atoms with E-state index in [1.54, 1.807) is 97.3 Å². The highest BCUT2D eigenvalue weighted by Gasteiger charge is 2.08. The molecular formula is C25H19N3O4. The van der Waals surface area contributed by atoms with Crippen molar-refractivity contribution in [1.29, 1.82) is 0 Å². The van der Waals surface area contributed by atoms with E-state index in [1.807, 2.05) is 0 Å². The van der Waals surface area contributed by atoms with Crippen LogP contribution in [0.3, 0.4) is 0 Å². The van der Waals surface area contributed by atoms with E-state index < -0.39 is 5.91 Å². The van der Waals surface area contributed by atoms with Crippen molar-refractivity contribution >= 4 is 17.5 Å². The monoisotopic (exact) mass is 425 g/mol. The van der Waals surface area contributed by atoms with E-state index >= 15 is 0 Å². The average Bonchev–Trinajstić information content (AvgIpc) is 2.82. The highest BCUT2D eigenvalue weighted by Crippen LogP contribution is 2.24. The normalized spacial score (nSPS) is 10.2. The van der Waals surface area contributed by atoms with Gasteiger partial charge in [0.1, 0.15) is 23.0 Å². The SMILES string of the molecule is NC(=O)c1ccc(Oc2ccc(C(=O)Nc3ccc(Oc4ccncc4)cc3)cc2)cc1. The number of anilines is 1. The quantitative estimate of drug-likeness (QED) is 0.433. The Morgan fingerprint density at radius 2 is 1.06 bits per heavy atom. The lowest BCUT2D eigenvalue weighted by atomic mass is 10.2. The zero-order chi connectivity index (χ0) is 22.3. The van der Waals surface area contributed by atoms with Gasteiger partial charge in [-0.25, -0.2) is 0 Å². The molecule has 0 saturated carbocycles. The highest BCUT2D eigenvalue weighted by atomic mass is 16.5. The van der Waals surface area contributed by atoms with Crippen LogP contribution >= 0.6 is 0 Å². The number of primary amides is 1. The maximum Gasteiger partial charge on any atom is 0.255 e. The first-order valence-electron chi connectivity index (χ1n) is 9.74. The first-order chi connectivity index (χ1) is 15.6. The number of carbonyl (C=O) groups is 2. The van der Waals surface area contributed by atoms with Crippen LogP contribution in [0.15, 0.2) is 97.3 Å². The van der Waals surface area contributed by atoms with E-state index in [-0.39, 0.29) is 5.91 Å². The first kappa shape index (κ1) is 20.6. The fourth-order valence-electron chi connectivity index (χ4n) is 2.85. The molecule has 0 spiro atoms. The van der Waals surface area contributed by atoms with Gasteiger partial charge in [-0.1, -0.05) is 0 Å². The number of carbonyl (C=O) groups excluding carboxylic acids is 2. The summed E-state index contributed by atoms with van der Waals surface area (Å²) in [6, 6.07) is 23.8. The van der Waals surface area contributed by atoms with Crippen molar-refractivity contribution in [3.05, 3.63) is 108 Å². The van der Waals surface area contributed by atoms with Gasteiger partial charge in [0.2, 0.25) is 5.91 Å². The molecule has 3 aromatic carbocycles. The van der Waals surface area contributed by atoms with Crippen molar-refractivity contribution in [3.8, 4) is 23.0 Å². The number of rotatable bonds is 7. The van der Waals surface area contributed by atoms with Gasteiger partial charge < -0.3 is 20.5 Å². The van der Waals surface area contributed by atoms with E-state index in [2.05, 4.69) is 10.3 Å². The lowest BCUT2D eigenvalue weighted by Gasteiger charge is -2.09. The molecule has 0 radical (unpaired) electrons. The van der Waals surface area contributed by atoms with Crippen LogP contribution in [-0.2, 0) is 0 Å². The van der Waals surface area contributed by atoms with Crippen LogP contribution in [0.1, 0.15) is 20.7 Å². The molecule has 0 unspecified atom stereocenters. The molecule has 0 aliphatic heterocycles. The number of hydrogen-bond donors (Lipinski definition) is 2. The molecule has 0 aliphatic rings. The van der Waals surface area contributed by atoms with Gasteiger partial charge in [-0.3, -0.25) is 14.6 Å². The minimum Gasteiger partial charge on any atom is -0.457 e. The van der Waals surface area contributed by atoms with Crippen molar-refractivity contribution in [1.82, 2.24) is 4.98 Å². The van der Waals surface area contributed by atoms with Gasteiger partial charge in [0.25, 0.3) is 5.91 Å². The standard InChI is InChI=1S/C25H19N3O4/c26-24(29)17-1-7-20(8-2-17)31-21-9-3-18(4-10-21)25(30)28-19-5-11-22(12-6-19)32-23-13-15-27-16-14-23/h1-16H,(H2,26,29)(H,28,30). The molecule has 1 heterocycles. The number of nitrogens with one attached hydrogen (secondary N) is 1. The number of aromatic nitrogens is 1. The number of amides is 2. The van der Waals surface area contributed by atoms with Crippen LogP contribution in [0.2, 0.25) is 0 Å². The van der Waals surface area contributed by atoms with Crippen molar-refractivity contribution in [3.63, 3.8) is 0 Å². The minimum atomic E-state index is -0.497. The van der Waals surface area contributed by atoms with Crippen molar-refractivity contribution in [2.75, 3.05) is 5.32 Å². The molecule has 0 aliphatic carbocycles. The average molecular weight is 425 g/mol. The Morgan fingerprint density at radius 1 is 0.625 bits per heavy atom. The van der Waals surface area contributed by atoms with Gasteiger partial charge >= 0.3 is 0 Å². The second-order valence-corrected chi connectivity index (χ2v) is 6.78. The summed E-state index contributed by atoms with van der Waals surface area (Å²) in [6.45, 7) is 0. The molecule has 7 heteroatoms. The smallest absolute Gasteiger partial charge is 0.255 e. The lowest BCUT2D eigenvalue weighted by molar-refractivity contribution is 0.0997. The first-order valence-corrected chi connectivity index (χ1v) is 9.74. The summed E-state index contributed by atoms with van der Waals surface area (Å²) in [5.74, 6) is 1.71. The molecule has 1 aromatic heterocycles. The van der Waals surface area contributed by atoms with Gasteiger partial charge in [-0.05, 0) is 84.9 Å². The summed E-state index contributed by atoms with van der Waals surface area (Å²) in [4.78, 5) is 27.6. The summed E-state index contributed by atoms with van der Waals surface area (Å²) >= 11 is 0. The Kier molecular flexibility index (Phi) is 6.08. The fourth-order valence-corrected chi connectivity index (χ4v) is 2.85. The summed E-state index contributed by atoms with van der Waals surface area (Å²) in [5.41, 5.74) is 6.76. The van der Waals surface area contributed by atoms with E-state index in [0.29, 0.717) is 39.8 Å². The molecule has 2 amide bonds. The molecular weight excluding hydrogens is 406 g/mol. The third kappa shape index (κ3) is 5.28. The molecule has 4 aromatic rings. The molecule has 3 N–H and O–H groups in total. The number of pyridine rings is 1. The number of hydrogen-bond acceptors (Lipinski definition) is 5. The Balaban J connectivity index is 1.34. The van der Waals surface area contributed by atoms with Gasteiger partial charge in [0, 0.05) is 29.2 Å². The zero-order valence-electron chi connectivity index (χ0n) is 16.9. The number of nitrogens with two attached hydrogens (primary N) is 1. The molecule has 0 fully saturated rings. The minimum absolute atomic E-state index is 0.245. The molecule has 4 rings (SSSR count). The lowest BCUT2D eigenvalue weighted by Crippen LogP contribution is -2.11. The molecule has 32 heavy (non-hydrogen) atoms. The van der Waals surface area contributed by atoms with Gasteiger partial charge in [0.05, 0.1) is 0 Å². The maximum atomic E-state index is 12.5. The topological polar surface area (TPSA) is 104 Å². The number of nitrogens with zero attached hydrogens (tertiary/aromatic N) is 1. The van der Waals surface area contributed by atoms with Crippen molar-refractivity contribution < 1.29 is 19.1 Å². The fraction of sp³-hybridized carbons (Fsp3) is 0. The predicted octanol–water partition coefficient (Wildman–Crippen LogP) is 5.02. The van der Waals surface area contributed by atoms with E-state index in [0.717, 1.165) is 0 Å². The maximum absolute atomic E-state index is 12.5. The van der Waals surface area contributed by atoms with Gasteiger partial charge in [0.15, 0.2) is 0 Å². The summed E-state index contributed by atoms with van der Waals surface area (Å²) in [6.07, 6.45) is 3.31. The third-order valence-corrected chi connectivity index (χ3v) is 4.49. The van der Waals surface area contributed by atoms with Crippen molar-refractivity contribution in [2.45, 2.75) is 0 Å². The molecule has 158 valence electrons. The number of ether oxygens (including phenoxy) is 2. The van der Waals surface area contributed by atoms with Crippen LogP contribution < -0.4 is 20.5 Å².